The van der Waals surface area contributed by atoms with E-state index in [9.17, 15) is 14.9 Å². The predicted octanol–water partition coefficient (Wildman–Crippen LogP) is 5.13. The Balaban J connectivity index is 1.69. The first-order chi connectivity index (χ1) is 14.5. The molecule has 0 saturated heterocycles. The van der Waals surface area contributed by atoms with Crippen molar-refractivity contribution in [2.45, 2.75) is 37.8 Å². The molecule has 1 unspecified atom stereocenters. The molecule has 5 rings (SSSR count). The van der Waals surface area contributed by atoms with E-state index in [1.54, 1.807) is 24.3 Å². The van der Waals surface area contributed by atoms with Crippen LogP contribution in [0.2, 0.25) is 5.02 Å². The van der Waals surface area contributed by atoms with Gasteiger partial charge in [-0.1, -0.05) is 48.7 Å². The summed E-state index contributed by atoms with van der Waals surface area (Å²) in [6.45, 7) is 0. The Morgan fingerprint density at radius 2 is 1.87 bits per heavy atom. The van der Waals surface area contributed by atoms with Gasteiger partial charge in [-0.3, -0.25) is 20.0 Å². The third kappa shape index (κ3) is 2.97. The highest BCUT2D eigenvalue weighted by molar-refractivity contribution is 6.30. The maximum atomic E-state index is 13.4. The lowest BCUT2D eigenvalue weighted by Gasteiger charge is -2.31. The molecule has 1 atom stereocenters. The number of halogens is 1. The average Bonchev–Trinajstić information content (AvgIpc) is 3.46. The monoisotopic (exact) mass is 422 g/mol. The number of aromatic amines is 1. The molecule has 1 fully saturated rings. The number of benzene rings is 2. The van der Waals surface area contributed by atoms with Gasteiger partial charge in [-0.15, -0.1) is 0 Å². The van der Waals surface area contributed by atoms with Crippen molar-refractivity contribution in [2.24, 2.45) is 0 Å². The molecule has 1 saturated carbocycles. The third-order valence-electron chi connectivity index (χ3n) is 6.04. The van der Waals surface area contributed by atoms with Crippen LogP contribution < -0.4 is 0 Å². The second kappa shape index (κ2) is 7.25. The van der Waals surface area contributed by atoms with Crippen LogP contribution in [0.5, 0.6) is 0 Å². The summed E-state index contributed by atoms with van der Waals surface area (Å²) < 4.78 is 0. The van der Waals surface area contributed by atoms with E-state index in [1.165, 1.54) is 6.07 Å². The number of hydrogen-bond donors (Lipinski definition) is 1. The lowest BCUT2D eigenvalue weighted by molar-refractivity contribution is -0.384. The molecule has 1 aliphatic carbocycles. The maximum absolute atomic E-state index is 13.4. The summed E-state index contributed by atoms with van der Waals surface area (Å²) in [6, 6.07) is 13.5. The van der Waals surface area contributed by atoms with Crippen LogP contribution in [0.4, 0.5) is 5.69 Å². The number of nitro groups is 1. The van der Waals surface area contributed by atoms with Crippen molar-refractivity contribution >= 4 is 23.2 Å². The van der Waals surface area contributed by atoms with E-state index in [4.69, 9.17) is 11.6 Å². The zero-order valence-corrected chi connectivity index (χ0v) is 16.8. The zero-order chi connectivity index (χ0) is 20.8. The first-order valence-corrected chi connectivity index (χ1v) is 10.3. The minimum absolute atomic E-state index is 0.0105. The van der Waals surface area contributed by atoms with Crippen LogP contribution in [0.3, 0.4) is 0 Å². The highest BCUT2D eigenvalue weighted by atomic mass is 35.5. The van der Waals surface area contributed by atoms with Gasteiger partial charge in [-0.2, -0.15) is 5.10 Å². The molecule has 2 heterocycles. The Kier molecular flexibility index (Phi) is 4.55. The van der Waals surface area contributed by atoms with Gasteiger partial charge in [0, 0.05) is 34.3 Å². The molecule has 2 aromatic carbocycles. The lowest BCUT2D eigenvalue weighted by atomic mass is 9.95. The second-order valence-corrected chi connectivity index (χ2v) is 8.21. The smallest absolute Gasteiger partial charge is 0.273 e. The van der Waals surface area contributed by atoms with Gasteiger partial charge in [0.05, 0.1) is 16.7 Å². The van der Waals surface area contributed by atoms with E-state index >= 15 is 0 Å². The Labute approximate surface area is 177 Å². The molecule has 8 heteroatoms. The lowest BCUT2D eigenvalue weighted by Crippen LogP contribution is -2.37. The van der Waals surface area contributed by atoms with Gasteiger partial charge in [0.15, 0.2) is 0 Å². The van der Waals surface area contributed by atoms with Crippen molar-refractivity contribution in [3.8, 4) is 11.3 Å². The van der Waals surface area contributed by atoms with Crippen molar-refractivity contribution < 1.29 is 9.72 Å². The Bertz CT molecular complexity index is 1140. The Morgan fingerprint density at radius 3 is 2.57 bits per heavy atom. The van der Waals surface area contributed by atoms with Gasteiger partial charge in [0.1, 0.15) is 5.69 Å². The summed E-state index contributed by atoms with van der Waals surface area (Å²) in [6.07, 6.45) is 4.02. The molecule has 0 bridgehead atoms. The molecule has 1 aliphatic heterocycles. The number of fused-ring (bicyclic) bond motifs is 1. The highest BCUT2D eigenvalue weighted by Gasteiger charge is 2.46. The number of aromatic nitrogens is 2. The van der Waals surface area contributed by atoms with E-state index in [2.05, 4.69) is 10.2 Å². The van der Waals surface area contributed by atoms with E-state index in [-0.39, 0.29) is 17.6 Å². The SMILES string of the molecule is O=C1c2[nH]nc(-c3ccc(Cl)cc3)c2C(c2cccc([N+](=O)[O-])c2)N1C1CCCC1. The molecular weight excluding hydrogens is 404 g/mol. The van der Waals surface area contributed by atoms with Gasteiger partial charge in [0.2, 0.25) is 0 Å². The summed E-state index contributed by atoms with van der Waals surface area (Å²) in [5.41, 5.74) is 3.48. The third-order valence-corrected chi connectivity index (χ3v) is 6.29. The van der Waals surface area contributed by atoms with Crippen molar-refractivity contribution in [3.63, 3.8) is 0 Å². The molecule has 30 heavy (non-hydrogen) atoms. The van der Waals surface area contributed by atoms with Gasteiger partial charge >= 0.3 is 0 Å². The van der Waals surface area contributed by atoms with Gasteiger partial charge in [-0.25, -0.2) is 0 Å². The number of carbonyl (C=O) groups excluding carboxylic acids is 1. The molecule has 2 aliphatic rings. The standard InChI is InChI=1S/C22H19ClN4O3/c23-15-10-8-13(9-11-15)19-18-20(25-24-19)22(28)26(16-5-1-2-6-16)21(18)14-4-3-7-17(12-14)27(29)30/h3-4,7-12,16,21H,1-2,5-6H2,(H,24,25). The molecule has 0 radical (unpaired) electrons. The summed E-state index contributed by atoms with van der Waals surface area (Å²) in [5.74, 6) is -0.0962. The van der Waals surface area contributed by atoms with Crippen LogP contribution >= 0.6 is 11.6 Å². The van der Waals surface area contributed by atoms with Crippen LogP contribution in [0, 0.1) is 10.1 Å². The number of amides is 1. The maximum Gasteiger partial charge on any atom is 0.273 e. The van der Waals surface area contributed by atoms with E-state index < -0.39 is 11.0 Å². The molecule has 1 amide bonds. The Morgan fingerprint density at radius 1 is 1.13 bits per heavy atom. The van der Waals surface area contributed by atoms with Crippen molar-refractivity contribution in [2.75, 3.05) is 0 Å². The molecule has 1 aromatic heterocycles. The van der Waals surface area contributed by atoms with Crippen LogP contribution in [0.1, 0.15) is 53.3 Å². The number of H-pyrrole nitrogens is 1. The molecule has 0 spiro atoms. The highest BCUT2D eigenvalue weighted by Crippen LogP contribution is 2.46. The number of nitro benzene ring substituents is 1. The quantitative estimate of drug-likeness (QED) is 0.466. The number of hydrogen-bond acceptors (Lipinski definition) is 4. The van der Waals surface area contributed by atoms with Crippen LogP contribution in [-0.2, 0) is 0 Å². The molecule has 7 nitrogen and oxygen atoms in total. The van der Waals surface area contributed by atoms with Crippen molar-refractivity contribution in [1.82, 2.24) is 15.1 Å². The molecular formula is C22H19ClN4O3. The first-order valence-electron chi connectivity index (χ1n) is 9.96. The topological polar surface area (TPSA) is 92.1 Å². The second-order valence-electron chi connectivity index (χ2n) is 7.77. The molecule has 3 aromatic rings. The number of non-ortho nitro benzene ring substituents is 1. The fourth-order valence-electron chi connectivity index (χ4n) is 4.69. The molecule has 1 N–H and O–H groups in total. The van der Waals surface area contributed by atoms with Crippen LogP contribution in [0.25, 0.3) is 11.3 Å². The van der Waals surface area contributed by atoms with Gasteiger partial charge < -0.3 is 4.90 Å². The number of nitrogens with zero attached hydrogens (tertiary/aromatic N) is 3. The van der Waals surface area contributed by atoms with Gasteiger partial charge in [-0.05, 0) is 30.5 Å². The minimum atomic E-state index is -0.417. The fraction of sp³-hybridized carbons (Fsp3) is 0.273. The predicted molar refractivity (Wildman–Crippen MR) is 112 cm³/mol. The van der Waals surface area contributed by atoms with Crippen LogP contribution in [0.15, 0.2) is 48.5 Å². The van der Waals surface area contributed by atoms with E-state index in [0.29, 0.717) is 16.4 Å². The Hall–Kier alpha value is -3.19. The number of carbonyl (C=O) groups is 1. The normalized spacial score (nSPS) is 18.8. The summed E-state index contributed by atoms with van der Waals surface area (Å²) >= 11 is 6.04. The van der Waals surface area contributed by atoms with Gasteiger partial charge in [0.25, 0.3) is 11.6 Å². The van der Waals surface area contributed by atoms with Crippen LogP contribution in [-0.4, -0.2) is 32.0 Å². The average molecular weight is 423 g/mol. The fourth-order valence-corrected chi connectivity index (χ4v) is 4.81. The number of rotatable bonds is 4. The summed E-state index contributed by atoms with van der Waals surface area (Å²) in [5, 5.41) is 19.4. The zero-order valence-electron chi connectivity index (χ0n) is 16.0. The molecule has 152 valence electrons. The van der Waals surface area contributed by atoms with E-state index in [0.717, 1.165) is 42.4 Å². The summed E-state index contributed by atoms with van der Waals surface area (Å²) in [7, 11) is 0. The largest absolute Gasteiger partial charge is 0.323 e. The summed E-state index contributed by atoms with van der Waals surface area (Å²) in [4.78, 5) is 26.3. The van der Waals surface area contributed by atoms with Crippen molar-refractivity contribution in [3.05, 3.63) is 80.5 Å². The van der Waals surface area contributed by atoms with E-state index in [1.807, 2.05) is 23.1 Å². The number of nitrogens with one attached hydrogen (secondary N) is 1. The minimum Gasteiger partial charge on any atom is -0.323 e. The van der Waals surface area contributed by atoms with Crippen molar-refractivity contribution in [1.29, 1.82) is 0 Å². The first kappa shape index (κ1) is 18.8.